The van der Waals surface area contributed by atoms with Crippen molar-refractivity contribution in [1.82, 2.24) is 4.98 Å². The molecule has 2 atom stereocenters. The van der Waals surface area contributed by atoms with Gasteiger partial charge in [0, 0.05) is 29.6 Å². The first-order valence-electron chi connectivity index (χ1n) is 8.86. The van der Waals surface area contributed by atoms with Gasteiger partial charge < -0.3 is 25.5 Å². The summed E-state index contributed by atoms with van der Waals surface area (Å²) < 4.78 is 5.25. The Morgan fingerprint density at radius 3 is 2.04 bits per heavy atom. The van der Waals surface area contributed by atoms with Gasteiger partial charge in [-0.1, -0.05) is 0 Å². The normalized spacial score (nSPS) is 12.8. The number of hydrogen-bond donors (Lipinski definition) is 4. The van der Waals surface area contributed by atoms with Crippen molar-refractivity contribution in [2.45, 2.75) is 46.8 Å². The molecule has 0 aliphatic rings. The number of amides is 2. The molecule has 0 unspecified atom stereocenters. The molecular weight excluding hydrogens is 362 g/mol. The minimum Gasteiger partial charge on any atom is -0.448 e. The van der Waals surface area contributed by atoms with Crippen LogP contribution < -0.4 is 10.6 Å². The number of aliphatic hydroxyl groups excluding tert-OH is 1. The fourth-order valence-electron chi connectivity index (χ4n) is 2.95. The second kappa shape index (κ2) is 8.71. The van der Waals surface area contributed by atoms with Gasteiger partial charge in [-0.25, -0.2) is 4.79 Å². The zero-order valence-electron chi connectivity index (χ0n) is 16.5. The van der Waals surface area contributed by atoms with E-state index in [9.17, 15) is 19.5 Å². The number of anilines is 2. The van der Waals surface area contributed by atoms with Crippen molar-refractivity contribution in [3.63, 3.8) is 0 Å². The van der Waals surface area contributed by atoms with Crippen molar-refractivity contribution in [1.29, 1.82) is 0 Å². The highest BCUT2D eigenvalue weighted by Gasteiger charge is 2.24. The largest absolute Gasteiger partial charge is 0.448 e. The molecule has 0 bridgehead atoms. The van der Waals surface area contributed by atoms with E-state index in [4.69, 9.17) is 4.74 Å². The Morgan fingerprint density at radius 1 is 1.04 bits per heavy atom. The lowest BCUT2D eigenvalue weighted by molar-refractivity contribution is -0.123. The van der Waals surface area contributed by atoms with Gasteiger partial charge in [0.2, 0.25) is 5.91 Å². The van der Waals surface area contributed by atoms with E-state index in [1.165, 1.54) is 13.8 Å². The van der Waals surface area contributed by atoms with E-state index in [0.29, 0.717) is 28.2 Å². The Hall–Kier alpha value is -3.13. The van der Waals surface area contributed by atoms with Crippen LogP contribution in [0.15, 0.2) is 24.3 Å². The molecule has 0 radical (unpaired) electrons. The van der Waals surface area contributed by atoms with E-state index < -0.39 is 24.1 Å². The van der Waals surface area contributed by atoms with Gasteiger partial charge in [0.05, 0.1) is 6.10 Å². The Morgan fingerprint density at radius 2 is 1.57 bits per heavy atom. The second-order valence-electron chi connectivity index (χ2n) is 6.63. The fourth-order valence-corrected chi connectivity index (χ4v) is 2.95. The molecule has 2 aromatic rings. The molecule has 28 heavy (non-hydrogen) atoms. The standard InChI is InChI=1S/C20H25N3O5/c1-10-17(12(3)24)11(2)21-18(10)20(27)28-13(4)19(26)23-16-8-6-15(7-9-16)22-14(5)25/h6-9,12-13,21,24H,1-5H3,(H,22,25)(H,23,26)/t12-,13+/m1/s1. The Labute approximate surface area is 163 Å². The topological polar surface area (TPSA) is 121 Å². The lowest BCUT2D eigenvalue weighted by Gasteiger charge is -2.14. The average molecular weight is 387 g/mol. The third kappa shape index (κ3) is 4.98. The SMILES string of the molecule is CC(=O)Nc1ccc(NC(=O)[C@H](C)OC(=O)c2[nH]c(C)c([C@@H](C)O)c2C)cc1. The van der Waals surface area contributed by atoms with Gasteiger partial charge in [-0.3, -0.25) is 9.59 Å². The number of hydrogen-bond acceptors (Lipinski definition) is 5. The summed E-state index contributed by atoms with van der Waals surface area (Å²) in [5.74, 6) is -1.35. The van der Waals surface area contributed by atoms with Gasteiger partial charge in [0.15, 0.2) is 6.10 Å². The number of aromatic nitrogens is 1. The summed E-state index contributed by atoms with van der Waals surface area (Å²) in [6.45, 7) is 7.96. The lowest BCUT2D eigenvalue weighted by atomic mass is 10.1. The highest BCUT2D eigenvalue weighted by Crippen LogP contribution is 2.25. The third-order valence-electron chi connectivity index (χ3n) is 4.24. The van der Waals surface area contributed by atoms with E-state index in [-0.39, 0.29) is 11.6 Å². The number of nitrogens with one attached hydrogen (secondary N) is 3. The first-order chi connectivity index (χ1) is 13.1. The molecule has 4 N–H and O–H groups in total. The summed E-state index contributed by atoms with van der Waals surface area (Å²) in [6, 6.07) is 6.56. The van der Waals surface area contributed by atoms with E-state index in [2.05, 4.69) is 15.6 Å². The molecule has 2 amide bonds. The van der Waals surface area contributed by atoms with Gasteiger partial charge in [0.25, 0.3) is 5.91 Å². The molecule has 0 aliphatic carbocycles. The molecule has 1 heterocycles. The van der Waals surface area contributed by atoms with Crippen molar-refractivity contribution in [3.05, 3.63) is 46.8 Å². The van der Waals surface area contributed by atoms with Gasteiger partial charge >= 0.3 is 5.97 Å². The first-order valence-corrected chi connectivity index (χ1v) is 8.86. The van der Waals surface area contributed by atoms with Crippen molar-refractivity contribution in [2.24, 2.45) is 0 Å². The predicted molar refractivity (Wildman–Crippen MR) is 105 cm³/mol. The molecule has 0 saturated carbocycles. The zero-order chi connectivity index (χ0) is 21.0. The van der Waals surface area contributed by atoms with Crippen LogP contribution in [0.3, 0.4) is 0 Å². The minimum atomic E-state index is -1.03. The maximum Gasteiger partial charge on any atom is 0.355 e. The van der Waals surface area contributed by atoms with Crippen LogP contribution in [0.2, 0.25) is 0 Å². The number of carbonyl (C=O) groups is 3. The van der Waals surface area contributed by atoms with Crippen LogP contribution in [0.25, 0.3) is 0 Å². The number of benzene rings is 1. The van der Waals surface area contributed by atoms with Crippen molar-refractivity contribution < 1.29 is 24.2 Å². The maximum absolute atomic E-state index is 12.4. The predicted octanol–water partition coefficient (Wildman–Crippen LogP) is 2.83. The molecule has 8 heteroatoms. The molecule has 0 aliphatic heterocycles. The molecule has 0 fully saturated rings. The number of ether oxygens (including phenoxy) is 1. The molecule has 150 valence electrons. The summed E-state index contributed by atoms with van der Waals surface area (Å²) in [7, 11) is 0. The Balaban J connectivity index is 2.01. The highest BCUT2D eigenvalue weighted by atomic mass is 16.5. The Kier molecular flexibility index (Phi) is 6.58. The van der Waals surface area contributed by atoms with Gasteiger partial charge in [-0.05, 0) is 57.5 Å². The van der Waals surface area contributed by atoms with E-state index in [1.54, 1.807) is 45.0 Å². The van der Waals surface area contributed by atoms with Gasteiger partial charge in [-0.2, -0.15) is 0 Å². The smallest absolute Gasteiger partial charge is 0.355 e. The van der Waals surface area contributed by atoms with E-state index in [0.717, 1.165) is 0 Å². The van der Waals surface area contributed by atoms with E-state index in [1.807, 2.05) is 0 Å². The third-order valence-corrected chi connectivity index (χ3v) is 4.24. The van der Waals surface area contributed by atoms with Crippen molar-refractivity contribution in [2.75, 3.05) is 10.6 Å². The summed E-state index contributed by atoms with van der Waals surface area (Å²) in [5, 5.41) is 15.1. The highest BCUT2D eigenvalue weighted by molar-refractivity contribution is 5.97. The number of aromatic amines is 1. The first kappa shape index (κ1) is 21.2. The summed E-state index contributed by atoms with van der Waals surface area (Å²) in [4.78, 5) is 38.6. The van der Waals surface area contributed by atoms with Gasteiger partial charge in [0.1, 0.15) is 5.69 Å². The number of esters is 1. The monoisotopic (exact) mass is 387 g/mol. The number of H-pyrrole nitrogens is 1. The van der Waals surface area contributed by atoms with Crippen LogP contribution in [0.5, 0.6) is 0 Å². The number of carbonyl (C=O) groups excluding carboxylic acids is 3. The molecule has 2 rings (SSSR count). The summed E-state index contributed by atoms with van der Waals surface area (Å²) in [5.41, 5.74) is 3.24. The number of aliphatic hydroxyl groups is 1. The molecule has 0 saturated heterocycles. The summed E-state index contributed by atoms with van der Waals surface area (Å²) >= 11 is 0. The van der Waals surface area contributed by atoms with Crippen LogP contribution >= 0.6 is 0 Å². The fraction of sp³-hybridized carbons (Fsp3) is 0.350. The van der Waals surface area contributed by atoms with Crippen LogP contribution in [0.1, 0.15) is 54.2 Å². The van der Waals surface area contributed by atoms with Crippen LogP contribution in [-0.4, -0.2) is 34.0 Å². The van der Waals surface area contributed by atoms with Crippen LogP contribution in [-0.2, 0) is 14.3 Å². The average Bonchev–Trinajstić information content (AvgIpc) is 2.90. The Bertz CT molecular complexity index is 884. The van der Waals surface area contributed by atoms with Crippen molar-refractivity contribution >= 4 is 29.2 Å². The van der Waals surface area contributed by atoms with E-state index >= 15 is 0 Å². The lowest BCUT2D eigenvalue weighted by Crippen LogP contribution is -2.30. The van der Waals surface area contributed by atoms with Crippen LogP contribution in [0.4, 0.5) is 11.4 Å². The zero-order valence-corrected chi connectivity index (χ0v) is 16.5. The summed E-state index contributed by atoms with van der Waals surface area (Å²) in [6.07, 6.45) is -1.75. The maximum atomic E-state index is 12.4. The molecule has 8 nitrogen and oxygen atoms in total. The molecule has 1 aromatic carbocycles. The molecule has 0 spiro atoms. The second-order valence-corrected chi connectivity index (χ2v) is 6.63. The molecular formula is C20H25N3O5. The number of aryl methyl sites for hydroxylation is 1. The quantitative estimate of drug-likeness (QED) is 0.568. The van der Waals surface area contributed by atoms with Gasteiger partial charge in [-0.15, -0.1) is 0 Å². The van der Waals surface area contributed by atoms with Crippen molar-refractivity contribution in [3.8, 4) is 0 Å². The minimum absolute atomic E-state index is 0.189. The van der Waals surface area contributed by atoms with Crippen LogP contribution in [0, 0.1) is 13.8 Å². The number of rotatable bonds is 6. The molecule has 1 aromatic heterocycles.